The van der Waals surface area contributed by atoms with Gasteiger partial charge in [0.05, 0.1) is 32.1 Å². The van der Waals surface area contributed by atoms with Crippen molar-refractivity contribution in [3.05, 3.63) is 80.3 Å². The Morgan fingerprint density at radius 1 is 0.914 bits per heavy atom. The summed E-state index contributed by atoms with van der Waals surface area (Å²) in [6, 6.07) is 13.3. The van der Waals surface area contributed by atoms with Crippen molar-refractivity contribution < 1.29 is 23.7 Å². The molecule has 0 saturated heterocycles. The van der Waals surface area contributed by atoms with Gasteiger partial charge in [-0.05, 0) is 55.0 Å². The van der Waals surface area contributed by atoms with Gasteiger partial charge in [0.15, 0.2) is 23.0 Å². The molecule has 0 saturated carbocycles. The minimum Gasteiger partial charge on any atom is -0.493 e. The van der Waals surface area contributed by atoms with Crippen molar-refractivity contribution in [2.45, 2.75) is 13.5 Å². The highest BCUT2D eigenvalue weighted by atomic mass is 35.5. The summed E-state index contributed by atoms with van der Waals surface area (Å²) < 4.78 is 22.0. The van der Waals surface area contributed by atoms with Crippen LogP contribution in [0.4, 0.5) is 0 Å². The van der Waals surface area contributed by atoms with Crippen LogP contribution < -0.4 is 24.4 Å². The fourth-order valence-electron chi connectivity index (χ4n) is 3.06. The lowest BCUT2D eigenvalue weighted by Crippen LogP contribution is -2.17. The molecule has 0 fully saturated rings. The molecular formula is C25H23Cl3N2O5. The van der Waals surface area contributed by atoms with Gasteiger partial charge in [0.2, 0.25) is 0 Å². The quantitative estimate of drug-likeness (QED) is 0.239. The molecule has 0 aromatic heterocycles. The zero-order chi connectivity index (χ0) is 25.4. The van der Waals surface area contributed by atoms with Crippen LogP contribution in [0.2, 0.25) is 15.1 Å². The summed E-state index contributed by atoms with van der Waals surface area (Å²) in [6.07, 6.45) is 1.45. The van der Waals surface area contributed by atoms with Gasteiger partial charge in [-0.15, -0.1) is 0 Å². The van der Waals surface area contributed by atoms with Crippen molar-refractivity contribution >= 4 is 46.9 Å². The summed E-state index contributed by atoms with van der Waals surface area (Å²) in [5, 5.41) is 5.36. The maximum Gasteiger partial charge on any atom is 0.271 e. The number of nitrogens with one attached hydrogen (secondary N) is 1. The van der Waals surface area contributed by atoms with Crippen LogP contribution in [0.5, 0.6) is 23.0 Å². The molecule has 0 aliphatic rings. The molecule has 3 rings (SSSR count). The van der Waals surface area contributed by atoms with Crippen LogP contribution in [-0.2, 0) is 6.61 Å². The summed E-state index contributed by atoms with van der Waals surface area (Å²) in [6.45, 7) is 2.41. The van der Waals surface area contributed by atoms with Gasteiger partial charge in [-0.1, -0.05) is 40.9 Å². The monoisotopic (exact) mass is 536 g/mol. The lowest BCUT2D eigenvalue weighted by Gasteiger charge is -2.15. The van der Waals surface area contributed by atoms with Gasteiger partial charge in [-0.25, -0.2) is 5.43 Å². The molecule has 1 amide bonds. The number of ether oxygens (including phenoxy) is 4. The van der Waals surface area contributed by atoms with Gasteiger partial charge in [-0.2, -0.15) is 5.10 Å². The van der Waals surface area contributed by atoms with Crippen LogP contribution in [0.1, 0.15) is 28.4 Å². The van der Waals surface area contributed by atoms with Gasteiger partial charge in [0.25, 0.3) is 5.91 Å². The Hall–Kier alpha value is -3.13. The van der Waals surface area contributed by atoms with Crippen molar-refractivity contribution in [2.24, 2.45) is 5.10 Å². The zero-order valence-electron chi connectivity index (χ0n) is 19.2. The summed E-state index contributed by atoms with van der Waals surface area (Å²) in [7, 11) is 3.02. The largest absolute Gasteiger partial charge is 0.493 e. The van der Waals surface area contributed by atoms with Gasteiger partial charge < -0.3 is 18.9 Å². The van der Waals surface area contributed by atoms with E-state index < -0.39 is 5.91 Å². The number of carbonyl (C=O) groups is 1. The molecule has 0 atom stereocenters. The number of hydrazone groups is 1. The number of halogens is 3. The highest BCUT2D eigenvalue weighted by Gasteiger charge is 2.14. The first-order valence-electron chi connectivity index (χ1n) is 10.4. The average molecular weight is 538 g/mol. The molecule has 0 bridgehead atoms. The molecule has 10 heteroatoms. The van der Waals surface area contributed by atoms with Crippen molar-refractivity contribution in [3.63, 3.8) is 0 Å². The molecule has 3 aromatic carbocycles. The number of carbonyl (C=O) groups excluding carboxylic acids is 1. The fraction of sp³-hybridized carbons (Fsp3) is 0.200. The first kappa shape index (κ1) is 26.5. The van der Waals surface area contributed by atoms with Crippen LogP contribution in [0.3, 0.4) is 0 Å². The van der Waals surface area contributed by atoms with E-state index in [2.05, 4.69) is 10.5 Å². The average Bonchev–Trinajstić information content (AvgIpc) is 2.84. The maximum absolute atomic E-state index is 12.5. The molecule has 184 valence electrons. The zero-order valence-corrected chi connectivity index (χ0v) is 21.5. The Kier molecular flexibility index (Phi) is 9.48. The Morgan fingerprint density at radius 3 is 2.37 bits per heavy atom. The predicted octanol–water partition coefficient (Wildman–Crippen LogP) is 6.41. The van der Waals surface area contributed by atoms with Gasteiger partial charge in [-0.3, -0.25) is 4.79 Å². The van der Waals surface area contributed by atoms with E-state index in [4.69, 9.17) is 53.8 Å². The summed E-state index contributed by atoms with van der Waals surface area (Å²) >= 11 is 18.6. The van der Waals surface area contributed by atoms with E-state index in [0.29, 0.717) is 55.8 Å². The van der Waals surface area contributed by atoms with Crippen molar-refractivity contribution in [2.75, 3.05) is 20.8 Å². The van der Waals surface area contributed by atoms with Crippen molar-refractivity contribution in [3.8, 4) is 23.0 Å². The van der Waals surface area contributed by atoms with Crippen LogP contribution >= 0.6 is 34.8 Å². The summed E-state index contributed by atoms with van der Waals surface area (Å²) in [5.74, 6) is 1.33. The van der Waals surface area contributed by atoms with Crippen molar-refractivity contribution in [1.29, 1.82) is 0 Å². The predicted molar refractivity (Wildman–Crippen MR) is 138 cm³/mol. The normalized spacial score (nSPS) is 10.8. The second kappa shape index (κ2) is 12.5. The Balaban J connectivity index is 1.73. The second-order valence-electron chi connectivity index (χ2n) is 7.06. The standard InChI is InChI=1S/C25H23Cl3N2O5/c1-4-34-23-10-15(9-20(28)24(23)35-14-17-5-7-18(26)12-19(17)27)13-29-30-25(31)16-6-8-21(32-2)22(11-16)33-3/h5-13H,4,14H2,1-3H3,(H,30,31)/b29-13+. The number of hydrogen-bond acceptors (Lipinski definition) is 6. The Labute approximate surface area is 218 Å². The third kappa shape index (κ3) is 6.94. The van der Waals surface area contributed by atoms with Gasteiger partial charge >= 0.3 is 0 Å². The van der Waals surface area contributed by atoms with E-state index in [9.17, 15) is 4.79 Å². The minimum atomic E-state index is -0.418. The minimum absolute atomic E-state index is 0.171. The molecule has 0 unspecified atom stereocenters. The molecule has 35 heavy (non-hydrogen) atoms. The number of rotatable bonds is 10. The Bertz CT molecular complexity index is 1230. The number of nitrogens with zero attached hydrogens (tertiary/aromatic N) is 1. The van der Waals surface area contributed by atoms with E-state index in [-0.39, 0.29) is 6.61 Å². The molecule has 0 aliphatic heterocycles. The van der Waals surface area contributed by atoms with Crippen LogP contribution in [0.25, 0.3) is 0 Å². The molecule has 1 N–H and O–H groups in total. The molecule has 0 radical (unpaired) electrons. The molecular weight excluding hydrogens is 515 g/mol. The second-order valence-corrected chi connectivity index (χ2v) is 8.31. The third-order valence-electron chi connectivity index (χ3n) is 4.74. The molecule has 0 heterocycles. The first-order valence-corrected chi connectivity index (χ1v) is 11.6. The molecule has 0 aliphatic carbocycles. The lowest BCUT2D eigenvalue weighted by molar-refractivity contribution is 0.0954. The first-order chi connectivity index (χ1) is 16.9. The van der Waals surface area contributed by atoms with E-state index in [1.165, 1.54) is 20.4 Å². The molecule has 3 aromatic rings. The van der Waals surface area contributed by atoms with E-state index in [0.717, 1.165) is 5.56 Å². The van der Waals surface area contributed by atoms with Crippen LogP contribution in [0, 0.1) is 0 Å². The number of methoxy groups -OCH3 is 2. The lowest BCUT2D eigenvalue weighted by atomic mass is 10.2. The summed E-state index contributed by atoms with van der Waals surface area (Å²) in [4.78, 5) is 12.5. The number of amides is 1. The van der Waals surface area contributed by atoms with Crippen molar-refractivity contribution in [1.82, 2.24) is 5.43 Å². The molecule has 0 spiro atoms. The SMILES string of the molecule is CCOc1cc(/C=N/NC(=O)c2ccc(OC)c(OC)c2)cc(Cl)c1OCc1ccc(Cl)cc1Cl. The highest BCUT2D eigenvalue weighted by molar-refractivity contribution is 6.35. The molecule has 7 nitrogen and oxygen atoms in total. The number of hydrogen-bond donors (Lipinski definition) is 1. The maximum atomic E-state index is 12.5. The smallest absolute Gasteiger partial charge is 0.271 e. The van der Waals surface area contributed by atoms with E-state index in [1.54, 1.807) is 48.5 Å². The Morgan fingerprint density at radius 2 is 1.69 bits per heavy atom. The third-order valence-corrected chi connectivity index (χ3v) is 5.61. The van der Waals surface area contributed by atoms with Crippen LogP contribution in [0.15, 0.2) is 53.6 Å². The summed E-state index contributed by atoms with van der Waals surface area (Å²) in [5.41, 5.74) is 4.18. The van der Waals surface area contributed by atoms with Crippen LogP contribution in [-0.4, -0.2) is 32.9 Å². The van der Waals surface area contributed by atoms with E-state index >= 15 is 0 Å². The number of benzene rings is 3. The van der Waals surface area contributed by atoms with Gasteiger partial charge in [0, 0.05) is 21.2 Å². The topological polar surface area (TPSA) is 78.4 Å². The fourth-order valence-corrected chi connectivity index (χ4v) is 3.80. The highest BCUT2D eigenvalue weighted by Crippen LogP contribution is 2.37. The van der Waals surface area contributed by atoms with Gasteiger partial charge in [0.1, 0.15) is 6.61 Å². The van der Waals surface area contributed by atoms with E-state index in [1.807, 2.05) is 6.92 Å².